The first kappa shape index (κ1) is 10.1. The molecule has 70 valence electrons. The molecular weight excluding hydrogens is 184 g/mol. The number of phenols is 1. The lowest BCUT2D eigenvalue weighted by Crippen LogP contribution is -1.88. The molecule has 1 nitrogen and oxygen atoms in total. The zero-order valence-corrected chi connectivity index (χ0v) is 8.55. The van der Waals surface area contributed by atoms with Crippen LogP contribution in [0.2, 0.25) is 5.02 Å². The summed E-state index contributed by atoms with van der Waals surface area (Å²) in [6.45, 7) is 4.07. The Kier molecular flexibility index (Phi) is 3.38. The van der Waals surface area contributed by atoms with E-state index in [1.54, 1.807) is 12.1 Å². The maximum atomic E-state index is 9.21. The lowest BCUT2D eigenvalue weighted by molar-refractivity contribution is 0.475. The van der Waals surface area contributed by atoms with Crippen molar-refractivity contribution in [1.82, 2.24) is 0 Å². The summed E-state index contributed by atoms with van der Waals surface area (Å²) in [6, 6.07) is 5.30. The predicted octanol–water partition coefficient (Wildman–Crippen LogP) is 3.73. The molecule has 0 saturated heterocycles. The maximum Gasteiger partial charge on any atom is 0.134 e. The summed E-state index contributed by atoms with van der Waals surface area (Å²) in [6.07, 6.45) is 4.09. The Morgan fingerprint density at radius 1 is 1.46 bits per heavy atom. The van der Waals surface area contributed by atoms with Gasteiger partial charge in [-0.2, -0.15) is 0 Å². The lowest BCUT2D eigenvalue weighted by Gasteiger charge is -2.07. The normalized spacial score (nSPS) is 13.5. The first-order valence-electron chi connectivity index (χ1n) is 4.26. The van der Waals surface area contributed by atoms with Gasteiger partial charge in [-0.15, -0.1) is 0 Å². The predicted molar refractivity (Wildman–Crippen MR) is 56.3 cm³/mol. The number of halogens is 1. The fraction of sp³-hybridized carbons (Fsp3) is 0.273. The number of phenolic OH excluding ortho intramolecular Hbond substituents is 1. The Morgan fingerprint density at radius 2 is 2.15 bits per heavy atom. The molecule has 1 N–H and O–H groups in total. The molecule has 0 heterocycles. The van der Waals surface area contributed by atoms with Gasteiger partial charge in [0.05, 0.1) is 5.02 Å². The van der Waals surface area contributed by atoms with Crippen LogP contribution >= 0.6 is 11.6 Å². The van der Waals surface area contributed by atoms with Gasteiger partial charge in [-0.3, -0.25) is 0 Å². The highest BCUT2D eigenvalue weighted by molar-refractivity contribution is 6.32. The Bertz CT molecular complexity index is 318. The number of aromatic hydroxyl groups is 1. The van der Waals surface area contributed by atoms with Gasteiger partial charge in [0, 0.05) is 0 Å². The highest BCUT2D eigenvalue weighted by atomic mass is 35.5. The van der Waals surface area contributed by atoms with Gasteiger partial charge >= 0.3 is 0 Å². The number of allylic oxidation sites excluding steroid dienone is 2. The molecule has 13 heavy (non-hydrogen) atoms. The Morgan fingerprint density at radius 3 is 2.69 bits per heavy atom. The van der Waals surface area contributed by atoms with Crippen LogP contribution in [-0.2, 0) is 0 Å². The third kappa shape index (κ3) is 2.49. The van der Waals surface area contributed by atoms with Crippen LogP contribution in [0.4, 0.5) is 0 Å². The van der Waals surface area contributed by atoms with E-state index >= 15 is 0 Å². The molecule has 0 saturated carbocycles. The van der Waals surface area contributed by atoms with E-state index in [0.29, 0.717) is 10.9 Å². The smallest absolute Gasteiger partial charge is 0.134 e. The molecule has 1 aromatic rings. The molecule has 0 radical (unpaired) electrons. The molecule has 0 amide bonds. The van der Waals surface area contributed by atoms with Crippen LogP contribution in [-0.4, -0.2) is 5.11 Å². The first-order valence-corrected chi connectivity index (χ1v) is 4.64. The summed E-state index contributed by atoms with van der Waals surface area (Å²) < 4.78 is 0. The zero-order valence-electron chi connectivity index (χ0n) is 7.79. The quantitative estimate of drug-likeness (QED) is 0.715. The van der Waals surface area contributed by atoms with Crippen molar-refractivity contribution in [3.05, 3.63) is 40.9 Å². The second-order valence-electron chi connectivity index (χ2n) is 3.03. The average Bonchev–Trinajstić information content (AvgIpc) is 2.10. The van der Waals surface area contributed by atoms with Crippen LogP contribution in [0, 0.1) is 0 Å². The van der Waals surface area contributed by atoms with Gasteiger partial charge in [-0.05, 0) is 30.5 Å². The van der Waals surface area contributed by atoms with E-state index in [2.05, 4.69) is 13.0 Å². The van der Waals surface area contributed by atoms with E-state index in [-0.39, 0.29) is 5.75 Å². The van der Waals surface area contributed by atoms with Crippen LogP contribution in [0.25, 0.3) is 0 Å². The van der Waals surface area contributed by atoms with Gasteiger partial charge in [0.15, 0.2) is 0 Å². The minimum Gasteiger partial charge on any atom is -0.506 e. The maximum absolute atomic E-state index is 9.21. The van der Waals surface area contributed by atoms with Crippen molar-refractivity contribution in [2.45, 2.75) is 19.8 Å². The van der Waals surface area contributed by atoms with Crippen LogP contribution in [0.3, 0.4) is 0 Å². The van der Waals surface area contributed by atoms with Gasteiger partial charge in [0.2, 0.25) is 0 Å². The summed E-state index contributed by atoms with van der Waals surface area (Å²) in [7, 11) is 0. The molecule has 0 aliphatic rings. The van der Waals surface area contributed by atoms with Gasteiger partial charge in [-0.25, -0.2) is 0 Å². The van der Waals surface area contributed by atoms with Crippen molar-refractivity contribution in [1.29, 1.82) is 0 Å². The van der Waals surface area contributed by atoms with E-state index in [1.807, 2.05) is 19.1 Å². The number of rotatable bonds is 2. The summed E-state index contributed by atoms with van der Waals surface area (Å²) in [5, 5.41) is 9.62. The highest BCUT2D eigenvalue weighted by Gasteiger charge is 2.04. The second-order valence-corrected chi connectivity index (χ2v) is 3.43. The van der Waals surface area contributed by atoms with Crippen LogP contribution in [0.5, 0.6) is 5.75 Å². The molecule has 0 aliphatic carbocycles. The third-order valence-corrected chi connectivity index (χ3v) is 2.28. The van der Waals surface area contributed by atoms with Gasteiger partial charge in [-0.1, -0.05) is 36.7 Å². The fourth-order valence-electron chi connectivity index (χ4n) is 1.21. The summed E-state index contributed by atoms with van der Waals surface area (Å²) in [5.74, 6) is 0.473. The van der Waals surface area contributed by atoms with E-state index in [4.69, 9.17) is 11.6 Å². The third-order valence-electron chi connectivity index (χ3n) is 1.98. The van der Waals surface area contributed by atoms with Crippen molar-refractivity contribution in [2.75, 3.05) is 0 Å². The van der Waals surface area contributed by atoms with E-state index in [9.17, 15) is 5.11 Å². The first-order chi connectivity index (χ1) is 6.15. The van der Waals surface area contributed by atoms with Crippen molar-refractivity contribution in [3.63, 3.8) is 0 Å². The lowest BCUT2D eigenvalue weighted by atomic mass is 10.0. The molecule has 2 heteroatoms. The molecule has 0 fully saturated rings. The minimum absolute atomic E-state index is 0.137. The molecule has 0 bridgehead atoms. The van der Waals surface area contributed by atoms with Crippen molar-refractivity contribution in [3.8, 4) is 5.75 Å². The number of benzene rings is 1. The highest BCUT2D eigenvalue weighted by Crippen LogP contribution is 2.27. The SMILES string of the molecule is C/C=C/C(C)c1ccc(O)c(Cl)c1. The Labute approximate surface area is 83.7 Å². The Balaban J connectivity index is 2.96. The number of hydrogen-bond acceptors (Lipinski definition) is 1. The monoisotopic (exact) mass is 196 g/mol. The molecule has 0 aliphatic heterocycles. The van der Waals surface area contributed by atoms with Crippen molar-refractivity contribution in [2.24, 2.45) is 0 Å². The van der Waals surface area contributed by atoms with Crippen molar-refractivity contribution < 1.29 is 5.11 Å². The molecule has 1 unspecified atom stereocenters. The molecule has 0 spiro atoms. The van der Waals surface area contributed by atoms with E-state index in [1.165, 1.54) is 0 Å². The second kappa shape index (κ2) is 4.33. The Hall–Kier alpha value is -0.950. The number of hydrogen-bond donors (Lipinski definition) is 1. The van der Waals surface area contributed by atoms with Gasteiger partial charge < -0.3 is 5.11 Å². The van der Waals surface area contributed by atoms with Crippen LogP contribution in [0.1, 0.15) is 25.3 Å². The van der Waals surface area contributed by atoms with Crippen LogP contribution < -0.4 is 0 Å². The van der Waals surface area contributed by atoms with E-state index < -0.39 is 0 Å². The van der Waals surface area contributed by atoms with E-state index in [0.717, 1.165) is 5.56 Å². The molecule has 1 atom stereocenters. The minimum atomic E-state index is 0.137. The molecule has 1 rings (SSSR count). The van der Waals surface area contributed by atoms with Crippen molar-refractivity contribution >= 4 is 11.6 Å². The molecular formula is C11H13ClO. The molecule has 0 aromatic heterocycles. The zero-order chi connectivity index (χ0) is 9.84. The molecule has 1 aromatic carbocycles. The largest absolute Gasteiger partial charge is 0.506 e. The summed E-state index contributed by atoms with van der Waals surface area (Å²) >= 11 is 5.78. The summed E-state index contributed by atoms with van der Waals surface area (Å²) in [5.41, 5.74) is 1.11. The fourth-order valence-corrected chi connectivity index (χ4v) is 1.40. The van der Waals surface area contributed by atoms with Gasteiger partial charge in [0.25, 0.3) is 0 Å². The standard InChI is InChI=1S/C11H13ClO/c1-3-4-8(2)9-5-6-11(13)10(12)7-9/h3-8,13H,1-2H3/b4-3+. The average molecular weight is 197 g/mol. The van der Waals surface area contributed by atoms with Crippen LogP contribution in [0.15, 0.2) is 30.4 Å². The van der Waals surface area contributed by atoms with Gasteiger partial charge in [0.1, 0.15) is 5.75 Å². The summed E-state index contributed by atoms with van der Waals surface area (Å²) in [4.78, 5) is 0. The topological polar surface area (TPSA) is 20.2 Å².